The topological polar surface area (TPSA) is 99.3 Å². The molecule has 0 saturated carbocycles. The third-order valence-electron chi connectivity index (χ3n) is 6.51. The van der Waals surface area contributed by atoms with Crippen LogP contribution in [-0.4, -0.2) is 31.1 Å². The number of nitrogens with one attached hydrogen (secondary N) is 3. The van der Waals surface area contributed by atoms with Gasteiger partial charge in [-0.05, 0) is 41.3 Å². The number of pyridine rings is 1. The maximum Gasteiger partial charge on any atom is 0.224 e. The number of carbonyl (C=O) groups is 1. The molecule has 0 aliphatic heterocycles. The lowest BCUT2D eigenvalue weighted by molar-refractivity contribution is -0.117. The first kappa shape index (κ1) is 24.5. The number of benzene rings is 3. The Morgan fingerprint density at radius 2 is 1.74 bits per heavy atom. The molecule has 7 nitrogen and oxygen atoms in total. The summed E-state index contributed by atoms with van der Waals surface area (Å²) in [5.41, 5.74) is 6.51. The van der Waals surface area contributed by atoms with Gasteiger partial charge in [0.15, 0.2) is 5.82 Å². The number of carbonyl (C=O) groups excluding carboxylic acids is 1. The molecule has 0 atom stereocenters. The standard InChI is InChI=1S/C31H27FN6O/c1-31(2,3)15-27(39)34-20-13-19(16-33-17-20)18-11-12-25-23(14-18)29(38-37-25)30-35-26-10-6-8-22(28(26)36-30)21-7-4-5-9-24(21)32/h4-14,16-17H,15H2,1-3H3,(H,34,39)(H,35,36)(H,37,38). The molecule has 0 fully saturated rings. The zero-order valence-electron chi connectivity index (χ0n) is 21.8. The average Bonchev–Trinajstić information content (AvgIpc) is 3.51. The van der Waals surface area contributed by atoms with Crippen LogP contribution in [0.1, 0.15) is 27.2 Å². The molecular weight excluding hydrogens is 491 g/mol. The van der Waals surface area contributed by atoms with E-state index in [0.717, 1.165) is 27.5 Å². The second-order valence-electron chi connectivity index (χ2n) is 10.8. The van der Waals surface area contributed by atoms with Gasteiger partial charge in [-0.3, -0.25) is 14.9 Å². The Kier molecular flexibility index (Phi) is 5.95. The lowest BCUT2D eigenvalue weighted by Gasteiger charge is -2.17. The number of aromatic nitrogens is 5. The molecule has 194 valence electrons. The summed E-state index contributed by atoms with van der Waals surface area (Å²) in [6, 6.07) is 20.2. The number of imidazole rings is 1. The number of fused-ring (bicyclic) bond motifs is 2. The van der Waals surface area contributed by atoms with Gasteiger partial charge < -0.3 is 10.3 Å². The number of H-pyrrole nitrogens is 2. The van der Waals surface area contributed by atoms with E-state index in [1.54, 1.807) is 24.5 Å². The lowest BCUT2D eigenvalue weighted by atomic mass is 9.92. The van der Waals surface area contributed by atoms with Crippen LogP contribution in [0.25, 0.3) is 55.7 Å². The molecular formula is C31H27FN6O. The van der Waals surface area contributed by atoms with Gasteiger partial charge in [-0.15, -0.1) is 0 Å². The molecule has 3 aromatic heterocycles. The summed E-state index contributed by atoms with van der Waals surface area (Å²) in [7, 11) is 0. The monoisotopic (exact) mass is 518 g/mol. The van der Waals surface area contributed by atoms with Gasteiger partial charge in [0.25, 0.3) is 0 Å². The van der Waals surface area contributed by atoms with Crippen LogP contribution < -0.4 is 5.32 Å². The number of aromatic amines is 2. The van der Waals surface area contributed by atoms with Gasteiger partial charge in [0.2, 0.25) is 5.91 Å². The molecule has 8 heteroatoms. The van der Waals surface area contributed by atoms with Crippen molar-refractivity contribution >= 4 is 33.5 Å². The van der Waals surface area contributed by atoms with E-state index in [9.17, 15) is 9.18 Å². The molecule has 0 spiro atoms. The van der Waals surface area contributed by atoms with Crippen LogP contribution in [0.15, 0.2) is 79.1 Å². The van der Waals surface area contributed by atoms with E-state index >= 15 is 0 Å². The Morgan fingerprint density at radius 1 is 0.923 bits per heavy atom. The van der Waals surface area contributed by atoms with Crippen molar-refractivity contribution in [2.24, 2.45) is 5.41 Å². The van der Waals surface area contributed by atoms with Gasteiger partial charge in [0, 0.05) is 34.7 Å². The van der Waals surface area contributed by atoms with Gasteiger partial charge in [-0.1, -0.05) is 57.2 Å². The fourth-order valence-corrected chi connectivity index (χ4v) is 4.77. The maximum atomic E-state index is 14.6. The smallest absolute Gasteiger partial charge is 0.224 e. The quantitative estimate of drug-likeness (QED) is 0.222. The lowest BCUT2D eigenvalue weighted by Crippen LogP contribution is -2.19. The molecule has 1 amide bonds. The molecule has 0 bridgehead atoms. The largest absolute Gasteiger partial charge is 0.337 e. The van der Waals surface area contributed by atoms with Crippen molar-refractivity contribution in [2.75, 3.05) is 5.32 Å². The maximum absolute atomic E-state index is 14.6. The van der Waals surface area contributed by atoms with E-state index in [1.165, 1.54) is 6.07 Å². The van der Waals surface area contributed by atoms with Crippen LogP contribution in [0, 0.1) is 11.2 Å². The second-order valence-corrected chi connectivity index (χ2v) is 10.8. The van der Waals surface area contributed by atoms with E-state index in [1.807, 2.05) is 69.3 Å². The molecule has 3 N–H and O–H groups in total. The number of nitrogens with zero attached hydrogens (tertiary/aromatic N) is 3. The minimum atomic E-state index is -0.296. The Morgan fingerprint density at radius 3 is 2.56 bits per heavy atom. The fourth-order valence-electron chi connectivity index (χ4n) is 4.77. The van der Waals surface area contributed by atoms with E-state index in [-0.39, 0.29) is 17.1 Å². The number of rotatable bonds is 5. The van der Waals surface area contributed by atoms with Crippen LogP contribution in [0.4, 0.5) is 10.1 Å². The highest BCUT2D eigenvalue weighted by atomic mass is 19.1. The summed E-state index contributed by atoms with van der Waals surface area (Å²) in [5.74, 6) is 0.238. The van der Waals surface area contributed by atoms with Crippen molar-refractivity contribution in [3.63, 3.8) is 0 Å². The molecule has 3 heterocycles. The zero-order valence-corrected chi connectivity index (χ0v) is 21.8. The highest BCUT2D eigenvalue weighted by molar-refractivity contribution is 5.98. The summed E-state index contributed by atoms with van der Waals surface area (Å²) in [6.07, 6.45) is 3.83. The molecule has 0 saturated heterocycles. The highest BCUT2D eigenvalue weighted by Crippen LogP contribution is 2.34. The summed E-state index contributed by atoms with van der Waals surface area (Å²) in [4.78, 5) is 25.0. The van der Waals surface area contributed by atoms with Crippen molar-refractivity contribution in [3.05, 3.63) is 84.9 Å². The molecule has 0 radical (unpaired) electrons. The molecule has 0 aliphatic carbocycles. The predicted molar refractivity (Wildman–Crippen MR) is 153 cm³/mol. The fraction of sp³-hybridized carbons (Fsp3) is 0.161. The van der Waals surface area contributed by atoms with Crippen molar-refractivity contribution in [3.8, 4) is 33.8 Å². The SMILES string of the molecule is CC(C)(C)CC(=O)Nc1cncc(-c2ccc3[nH]nc(-c4nc5c(-c6ccccc6F)cccc5[nH]4)c3c2)c1. The number of hydrogen-bond acceptors (Lipinski definition) is 4. The first-order chi connectivity index (χ1) is 18.7. The van der Waals surface area contributed by atoms with E-state index in [0.29, 0.717) is 40.3 Å². The van der Waals surface area contributed by atoms with Crippen LogP contribution in [-0.2, 0) is 4.79 Å². The van der Waals surface area contributed by atoms with Gasteiger partial charge in [0.1, 0.15) is 11.5 Å². The van der Waals surface area contributed by atoms with Crippen LogP contribution in [0.5, 0.6) is 0 Å². The second kappa shape index (κ2) is 9.47. The molecule has 3 aromatic carbocycles. The van der Waals surface area contributed by atoms with Crippen LogP contribution in [0.2, 0.25) is 0 Å². The van der Waals surface area contributed by atoms with Gasteiger partial charge in [0.05, 0.1) is 28.4 Å². The number of hydrogen-bond donors (Lipinski definition) is 3. The summed E-state index contributed by atoms with van der Waals surface area (Å²) >= 11 is 0. The number of para-hydroxylation sites is 1. The molecule has 0 unspecified atom stereocenters. The van der Waals surface area contributed by atoms with E-state index < -0.39 is 0 Å². The van der Waals surface area contributed by atoms with E-state index in [4.69, 9.17) is 4.98 Å². The normalized spacial score (nSPS) is 11.8. The molecule has 0 aliphatic rings. The van der Waals surface area contributed by atoms with Crippen molar-refractivity contribution < 1.29 is 9.18 Å². The average molecular weight is 519 g/mol. The minimum Gasteiger partial charge on any atom is -0.337 e. The summed E-state index contributed by atoms with van der Waals surface area (Å²) < 4.78 is 14.6. The van der Waals surface area contributed by atoms with Gasteiger partial charge >= 0.3 is 0 Å². The van der Waals surface area contributed by atoms with E-state index in [2.05, 4.69) is 25.5 Å². The Bertz CT molecular complexity index is 1850. The number of amides is 1. The third-order valence-corrected chi connectivity index (χ3v) is 6.51. The first-order valence-electron chi connectivity index (χ1n) is 12.7. The summed E-state index contributed by atoms with van der Waals surface area (Å²) in [6.45, 7) is 6.09. The molecule has 6 rings (SSSR count). The first-order valence-corrected chi connectivity index (χ1v) is 12.7. The minimum absolute atomic E-state index is 0.0475. The Balaban J connectivity index is 1.37. The zero-order chi connectivity index (χ0) is 27.1. The Hall–Kier alpha value is -4.85. The van der Waals surface area contributed by atoms with Crippen molar-refractivity contribution in [1.29, 1.82) is 0 Å². The molecule has 6 aromatic rings. The van der Waals surface area contributed by atoms with Gasteiger partial charge in [-0.25, -0.2) is 9.37 Å². The van der Waals surface area contributed by atoms with Crippen LogP contribution >= 0.6 is 0 Å². The predicted octanol–water partition coefficient (Wildman–Crippen LogP) is 7.35. The summed E-state index contributed by atoms with van der Waals surface area (Å²) in [5, 5.41) is 11.5. The van der Waals surface area contributed by atoms with Crippen LogP contribution in [0.3, 0.4) is 0 Å². The Labute approximate surface area is 224 Å². The van der Waals surface area contributed by atoms with Crippen molar-refractivity contribution in [1.82, 2.24) is 25.1 Å². The highest BCUT2D eigenvalue weighted by Gasteiger charge is 2.18. The van der Waals surface area contributed by atoms with Crippen molar-refractivity contribution in [2.45, 2.75) is 27.2 Å². The molecule has 39 heavy (non-hydrogen) atoms. The number of anilines is 1. The van der Waals surface area contributed by atoms with Gasteiger partial charge in [-0.2, -0.15) is 5.10 Å². The third kappa shape index (κ3) is 4.88. The number of halogens is 1.